The van der Waals surface area contributed by atoms with Crippen LogP contribution in [0.2, 0.25) is 0 Å². The summed E-state index contributed by atoms with van der Waals surface area (Å²) in [6.45, 7) is 0.400. The van der Waals surface area contributed by atoms with E-state index >= 15 is 0 Å². The van der Waals surface area contributed by atoms with Crippen LogP contribution in [0, 0.1) is 12.8 Å². The first-order valence-electron chi connectivity index (χ1n) is 8.52. The lowest BCUT2D eigenvalue weighted by Crippen LogP contribution is -2.40. The van der Waals surface area contributed by atoms with Crippen LogP contribution in [0.5, 0.6) is 5.75 Å². The Morgan fingerprint density at radius 3 is 2.68 bits per heavy atom. The molecule has 0 bridgehead atoms. The number of halogens is 5. The molecule has 10 heteroatoms. The number of carbonyl (C=O) groups excluding carboxylic acids is 1. The van der Waals surface area contributed by atoms with Crippen LogP contribution < -0.4 is 10.1 Å². The number of aliphatic hydroxyl groups excluding tert-OH is 1. The second-order valence-electron chi connectivity index (χ2n) is 6.84. The molecule has 2 atom stereocenters. The van der Waals surface area contributed by atoms with E-state index in [1.54, 1.807) is 0 Å². The average molecular weight is 407 g/mol. The van der Waals surface area contributed by atoms with Crippen molar-refractivity contribution in [2.45, 2.75) is 37.9 Å². The molecule has 0 spiro atoms. The lowest BCUT2D eigenvalue weighted by molar-refractivity contribution is -0.141. The molecule has 2 N–H and O–H groups in total. The molecule has 2 aromatic rings. The number of ether oxygens (including phenoxy) is 1. The van der Waals surface area contributed by atoms with Crippen molar-refractivity contribution >= 4 is 16.9 Å². The summed E-state index contributed by atoms with van der Waals surface area (Å²) in [5.74, 6) is -4.02. The van der Waals surface area contributed by atoms with Gasteiger partial charge in [-0.2, -0.15) is 13.2 Å². The van der Waals surface area contributed by atoms with Gasteiger partial charge in [-0.05, 0) is 25.1 Å². The fourth-order valence-corrected chi connectivity index (χ4v) is 2.92. The van der Waals surface area contributed by atoms with Crippen LogP contribution >= 0.6 is 0 Å². The van der Waals surface area contributed by atoms with Crippen molar-refractivity contribution in [1.82, 2.24) is 5.32 Å². The maximum Gasteiger partial charge on any atom is 0.391 e. The molecule has 2 unspecified atom stereocenters. The van der Waals surface area contributed by atoms with E-state index in [1.807, 2.05) is 0 Å². The Morgan fingerprint density at radius 1 is 1.43 bits per heavy atom. The Labute approximate surface area is 156 Å². The summed E-state index contributed by atoms with van der Waals surface area (Å²) in [6.07, 6.45) is -6.18. The number of nitrogens with one attached hydrogen (secondary N) is 1. The Hall–Kier alpha value is -2.36. The molecule has 1 aromatic carbocycles. The predicted molar refractivity (Wildman–Crippen MR) is 88.5 cm³/mol. The molecule has 3 rings (SSSR count). The zero-order valence-corrected chi connectivity index (χ0v) is 14.8. The van der Waals surface area contributed by atoms with Gasteiger partial charge in [0.05, 0.1) is 37.2 Å². The summed E-state index contributed by atoms with van der Waals surface area (Å²) in [5, 5.41) is 11.5. The van der Waals surface area contributed by atoms with Crippen molar-refractivity contribution in [2.24, 2.45) is 5.92 Å². The Kier molecular flexibility index (Phi) is 5.26. The first kappa shape index (κ1) is 20.4. The van der Waals surface area contributed by atoms with Gasteiger partial charge < -0.3 is 19.6 Å². The molecular weight excluding hydrogens is 389 g/mol. The maximum absolute atomic E-state index is 12.9. The number of aryl methyl sites for hydroxylation is 1. The lowest BCUT2D eigenvalue weighted by Gasteiger charge is -2.17. The summed E-state index contributed by atoms with van der Waals surface area (Å²) in [5.41, 5.74) is 0.293. The average Bonchev–Trinajstić information content (AvgIpc) is 3.05. The van der Waals surface area contributed by atoms with Crippen molar-refractivity contribution in [3.63, 3.8) is 0 Å². The molecule has 0 saturated heterocycles. The smallest absolute Gasteiger partial charge is 0.391 e. The van der Waals surface area contributed by atoms with Crippen molar-refractivity contribution < 1.29 is 41.0 Å². The van der Waals surface area contributed by atoms with Gasteiger partial charge in [-0.3, -0.25) is 4.79 Å². The molecule has 1 heterocycles. The van der Waals surface area contributed by atoms with E-state index in [9.17, 15) is 26.7 Å². The SMILES string of the molecule is Cc1oc2ccc(OCC3CC3(F)F)cc2c1C(=O)NC(CO)CC(F)(F)F. The van der Waals surface area contributed by atoms with Gasteiger partial charge in [-0.15, -0.1) is 0 Å². The molecule has 5 nitrogen and oxygen atoms in total. The minimum Gasteiger partial charge on any atom is -0.493 e. The fourth-order valence-electron chi connectivity index (χ4n) is 2.92. The van der Waals surface area contributed by atoms with Crippen LogP contribution in [0.1, 0.15) is 29.0 Å². The predicted octanol–water partition coefficient (Wildman–Crippen LogP) is 3.82. The summed E-state index contributed by atoms with van der Waals surface area (Å²) in [4.78, 5) is 12.5. The van der Waals surface area contributed by atoms with Crippen molar-refractivity contribution in [2.75, 3.05) is 13.2 Å². The minimum absolute atomic E-state index is 0.00201. The van der Waals surface area contributed by atoms with E-state index in [4.69, 9.17) is 14.3 Å². The van der Waals surface area contributed by atoms with Gasteiger partial charge in [-0.1, -0.05) is 0 Å². The second kappa shape index (κ2) is 7.23. The third kappa shape index (κ3) is 4.54. The van der Waals surface area contributed by atoms with Crippen molar-refractivity contribution in [1.29, 1.82) is 0 Å². The van der Waals surface area contributed by atoms with Crippen LogP contribution in [0.3, 0.4) is 0 Å². The van der Waals surface area contributed by atoms with Crippen molar-refractivity contribution in [3.8, 4) is 5.75 Å². The van der Waals surface area contributed by atoms with Gasteiger partial charge in [0, 0.05) is 11.8 Å². The van der Waals surface area contributed by atoms with Gasteiger partial charge in [0.25, 0.3) is 11.8 Å². The zero-order chi connectivity index (χ0) is 20.7. The number of hydrogen-bond donors (Lipinski definition) is 2. The molecule has 0 aliphatic heterocycles. The quantitative estimate of drug-likeness (QED) is 0.685. The highest BCUT2D eigenvalue weighted by atomic mass is 19.4. The highest BCUT2D eigenvalue weighted by Crippen LogP contribution is 2.48. The summed E-state index contributed by atoms with van der Waals surface area (Å²) in [7, 11) is 0. The van der Waals surface area contributed by atoms with E-state index in [0.29, 0.717) is 5.58 Å². The number of furan rings is 1. The highest BCUT2D eigenvalue weighted by Gasteiger charge is 2.57. The second-order valence-corrected chi connectivity index (χ2v) is 6.84. The number of hydrogen-bond acceptors (Lipinski definition) is 4. The molecule has 1 amide bonds. The van der Waals surface area contributed by atoms with Crippen LogP contribution in [-0.4, -0.2) is 42.4 Å². The molecule has 1 aliphatic carbocycles. The van der Waals surface area contributed by atoms with Crippen LogP contribution in [-0.2, 0) is 0 Å². The van der Waals surface area contributed by atoms with Gasteiger partial charge in [0.15, 0.2) is 0 Å². The molecule has 1 saturated carbocycles. The minimum atomic E-state index is -4.56. The van der Waals surface area contributed by atoms with E-state index in [-0.39, 0.29) is 35.5 Å². The fraction of sp³-hybridized carbons (Fsp3) is 0.500. The van der Waals surface area contributed by atoms with Crippen LogP contribution in [0.25, 0.3) is 11.0 Å². The highest BCUT2D eigenvalue weighted by molar-refractivity contribution is 6.07. The summed E-state index contributed by atoms with van der Waals surface area (Å²) in [6, 6.07) is 2.89. The molecule has 28 heavy (non-hydrogen) atoms. The molecule has 0 radical (unpaired) electrons. The topological polar surface area (TPSA) is 71.7 Å². The van der Waals surface area contributed by atoms with Gasteiger partial charge in [-0.25, -0.2) is 8.78 Å². The standard InChI is InChI=1S/C18H18F5NO4/c1-9-15(16(26)24-11(7-25)6-18(21,22)23)13-4-12(2-3-14(13)28-9)27-8-10-5-17(10,19)20/h2-4,10-11,25H,5-8H2,1H3,(H,24,26). The van der Waals surface area contributed by atoms with E-state index in [1.165, 1.54) is 25.1 Å². The molecule has 1 fully saturated rings. The number of carbonyl (C=O) groups is 1. The lowest BCUT2D eigenvalue weighted by atomic mass is 10.1. The van der Waals surface area contributed by atoms with E-state index in [2.05, 4.69) is 5.32 Å². The normalized spacial score (nSPS) is 19.5. The van der Waals surface area contributed by atoms with Gasteiger partial charge >= 0.3 is 6.18 Å². The first-order valence-corrected chi connectivity index (χ1v) is 8.52. The van der Waals surface area contributed by atoms with E-state index in [0.717, 1.165) is 0 Å². The third-order valence-electron chi connectivity index (χ3n) is 4.50. The largest absolute Gasteiger partial charge is 0.493 e. The number of aliphatic hydroxyl groups is 1. The van der Waals surface area contributed by atoms with Gasteiger partial charge in [0.2, 0.25) is 0 Å². The molecular formula is C18H18F5NO4. The number of rotatable bonds is 7. The first-order chi connectivity index (χ1) is 13.0. The maximum atomic E-state index is 12.9. The van der Waals surface area contributed by atoms with Crippen LogP contribution in [0.4, 0.5) is 22.0 Å². The number of benzene rings is 1. The molecule has 1 aromatic heterocycles. The number of fused-ring (bicyclic) bond motifs is 1. The number of amides is 1. The van der Waals surface area contributed by atoms with Crippen molar-refractivity contribution in [3.05, 3.63) is 29.5 Å². The molecule has 1 aliphatic rings. The van der Waals surface area contributed by atoms with Gasteiger partial charge in [0.1, 0.15) is 17.1 Å². The zero-order valence-electron chi connectivity index (χ0n) is 14.8. The summed E-state index contributed by atoms with van der Waals surface area (Å²) < 4.78 is 74.3. The Balaban J connectivity index is 1.78. The Morgan fingerprint density at radius 2 is 2.11 bits per heavy atom. The third-order valence-corrected chi connectivity index (χ3v) is 4.50. The molecule has 154 valence electrons. The Bertz CT molecular complexity index is 877. The monoisotopic (exact) mass is 407 g/mol. The summed E-state index contributed by atoms with van der Waals surface area (Å²) >= 11 is 0. The number of alkyl halides is 5. The van der Waals surface area contributed by atoms with E-state index < -0.39 is 43.0 Å². The van der Waals surface area contributed by atoms with Crippen LogP contribution in [0.15, 0.2) is 22.6 Å².